The number of anilines is 1. The predicted molar refractivity (Wildman–Crippen MR) is 167 cm³/mol. The monoisotopic (exact) mass is 602 g/mol. The lowest BCUT2D eigenvalue weighted by atomic mass is 9.99. The number of hydrogen-bond donors (Lipinski definition) is 2. The molecule has 0 unspecified atom stereocenters. The molecule has 0 bridgehead atoms. The van der Waals surface area contributed by atoms with Gasteiger partial charge < -0.3 is 14.7 Å². The van der Waals surface area contributed by atoms with Crippen LogP contribution in [0.15, 0.2) is 88.3 Å². The molecule has 0 radical (unpaired) electrons. The van der Waals surface area contributed by atoms with Crippen LogP contribution in [-0.4, -0.2) is 43.4 Å². The fourth-order valence-corrected chi connectivity index (χ4v) is 6.12. The smallest absolute Gasteiger partial charge is 0.264 e. The first-order valence-corrected chi connectivity index (χ1v) is 15.7. The average Bonchev–Trinajstić information content (AvgIpc) is 3.30. The lowest BCUT2D eigenvalue weighted by Gasteiger charge is -2.32. The Balaban J connectivity index is 1.63. The third-order valence-corrected chi connectivity index (χ3v) is 8.71. The van der Waals surface area contributed by atoms with Crippen molar-refractivity contribution in [1.29, 1.82) is 0 Å². The van der Waals surface area contributed by atoms with Crippen molar-refractivity contribution in [3.8, 4) is 11.1 Å². The van der Waals surface area contributed by atoms with E-state index in [1.54, 1.807) is 44.0 Å². The fraction of sp³-hybridized carbons (Fsp3) is 0.303. The molecule has 3 aromatic carbocycles. The highest BCUT2D eigenvalue weighted by molar-refractivity contribution is 7.92. The molecule has 0 saturated heterocycles. The van der Waals surface area contributed by atoms with E-state index in [0.717, 1.165) is 11.1 Å². The van der Waals surface area contributed by atoms with Gasteiger partial charge in [0.25, 0.3) is 10.0 Å². The zero-order valence-electron chi connectivity index (χ0n) is 25.1. The number of likely N-dealkylation sites (N-methyl/N-ethyl adjacent to an activating group) is 1. The highest BCUT2D eigenvalue weighted by Gasteiger charge is 2.30. The van der Waals surface area contributed by atoms with Crippen LogP contribution < -0.4 is 10.0 Å². The van der Waals surface area contributed by atoms with Crippen molar-refractivity contribution in [3.05, 3.63) is 101 Å². The normalized spacial score (nSPS) is 12.1. The number of aryl methyl sites for hydroxylation is 1. The Kier molecular flexibility index (Phi) is 10.0. The van der Waals surface area contributed by atoms with Gasteiger partial charge >= 0.3 is 0 Å². The number of aromatic nitrogens is 1. The molecule has 4 rings (SSSR count). The molecule has 43 heavy (non-hydrogen) atoms. The summed E-state index contributed by atoms with van der Waals surface area (Å²) in [6.45, 7) is 7.74. The van der Waals surface area contributed by atoms with Crippen LogP contribution in [0, 0.1) is 19.8 Å². The molecular formula is C33H38N4O5S. The molecular weight excluding hydrogens is 564 g/mol. The maximum atomic E-state index is 13.6. The van der Waals surface area contributed by atoms with Crippen molar-refractivity contribution in [1.82, 2.24) is 15.4 Å². The molecule has 1 aromatic heterocycles. The summed E-state index contributed by atoms with van der Waals surface area (Å²) in [6, 6.07) is 22.9. The molecule has 2 amide bonds. The second-order valence-electron chi connectivity index (χ2n) is 11.0. The van der Waals surface area contributed by atoms with Gasteiger partial charge in [-0.2, -0.15) is 0 Å². The highest BCUT2D eigenvalue weighted by Crippen LogP contribution is 2.30. The standard InChI is InChI=1S/C33H38N4O5S/c1-22(2)19-29(32(39)34-5)37(31(38)20-25-11-7-6-8-12-25)21-26-15-17-27(18-16-26)28-13-9-10-14-30(28)43(40,41)36-33-23(3)24(4)35-42-33/h6-18,22,29,36H,19-21H2,1-5H3,(H,34,39)/t29-/m0/s1. The van der Waals surface area contributed by atoms with Crippen LogP contribution in [-0.2, 0) is 32.6 Å². The molecule has 10 heteroatoms. The first-order valence-electron chi connectivity index (χ1n) is 14.2. The number of carbonyl (C=O) groups is 2. The Bertz CT molecular complexity index is 1670. The molecule has 4 aromatic rings. The molecule has 0 aliphatic rings. The van der Waals surface area contributed by atoms with Gasteiger partial charge in [-0.25, -0.2) is 13.1 Å². The van der Waals surface area contributed by atoms with Crippen molar-refractivity contribution in [2.45, 2.75) is 58.0 Å². The van der Waals surface area contributed by atoms with Crippen molar-refractivity contribution >= 4 is 27.7 Å². The van der Waals surface area contributed by atoms with E-state index in [4.69, 9.17) is 4.52 Å². The van der Waals surface area contributed by atoms with Crippen LogP contribution >= 0.6 is 0 Å². The Morgan fingerprint density at radius 3 is 2.16 bits per heavy atom. The zero-order chi connectivity index (χ0) is 31.1. The lowest BCUT2D eigenvalue weighted by molar-refractivity contribution is -0.141. The van der Waals surface area contributed by atoms with Gasteiger partial charge in [0.05, 0.1) is 17.0 Å². The van der Waals surface area contributed by atoms with Crippen molar-refractivity contribution in [2.24, 2.45) is 5.92 Å². The molecule has 2 N–H and O–H groups in total. The minimum Gasteiger partial charge on any atom is -0.357 e. The third-order valence-electron chi connectivity index (χ3n) is 7.32. The van der Waals surface area contributed by atoms with E-state index in [0.29, 0.717) is 28.8 Å². The van der Waals surface area contributed by atoms with Gasteiger partial charge in [-0.15, -0.1) is 0 Å². The summed E-state index contributed by atoms with van der Waals surface area (Å²) in [7, 11) is -2.41. The van der Waals surface area contributed by atoms with Crippen LogP contribution in [0.25, 0.3) is 11.1 Å². The molecule has 0 aliphatic heterocycles. The Morgan fingerprint density at radius 2 is 1.56 bits per heavy atom. The molecule has 0 spiro atoms. The predicted octanol–water partition coefficient (Wildman–Crippen LogP) is 5.49. The first-order chi connectivity index (χ1) is 20.5. The molecule has 9 nitrogen and oxygen atoms in total. The zero-order valence-corrected chi connectivity index (χ0v) is 25.9. The number of hydrogen-bond acceptors (Lipinski definition) is 6. The summed E-state index contributed by atoms with van der Waals surface area (Å²) in [4.78, 5) is 28.4. The third kappa shape index (κ3) is 7.70. The minimum absolute atomic E-state index is 0.0787. The maximum absolute atomic E-state index is 13.6. The Hall–Kier alpha value is -4.44. The summed E-state index contributed by atoms with van der Waals surface area (Å²) in [5.41, 5.74) is 4.09. The molecule has 1 atom stereocenters. The summed E-state index contributed by atoms with van der Waals surface area (Å²) in [6.07, 6.45) is 0.688. The van der Waals surface area contributed by atoms with E-state index < -0.39 is 16.1 Å². The van der Waals surface area contributed by atoms with Crippen LogP contribution in [0.4, 0.5) is 5.88 Å². The van der Waals surface area contributed by atoms with Gasteiger partial charge in [0.2, 0.25) is 17.7 Å². The van der Waals surface area contributed by atoms with Crippen molar-refractivity contribution in [2.75, 3.05) is 11.8 Å². The molecule has 0 aliphatic carbocycles. The van der Waals surface area contributed by atoms with Crippen molar-refractivity contribution in [3.63, 3.8) is 0 Å². The summed E-state index contributed by atoms with van der Waals surface area (Å²) < 4.78 is 34.4. The quantitative estimate of drug-likeness (QED) is 0.221. The maximum Gasteiger partial charge on any atom is 0.264 e. The van der Waals surface area contributed by atoms with Crippen molar-refractivity contribution < 1.29 is 22.5 Å². The van der Waals surface area contributed by atoms with Gasteiger partial charge in [-0.3, -0.25) is 9.59 Å². The van der Waals surface area contributed by atoms with E-state index in [1.165, 1.54) is 6.07 Å². The number of rotatable bonds is 12. The summed E-state index contributed by atoms with van der Waals surface area (Å²) in [5, 5.41) is 6.56. The number of amides is 2. The van der Waals surface area contributed by atoms with E-state index in [2.05, 4.69) is 15.2 Å². The minimum atomic E-state index is -3.99. The van der Waals surface area contributed by atoms with Gasteiger partial charge in [0.15, 0.2) is 0 Å². The molecule has 0 fully saturated rings. The second kappa shape index (κ2) is 13.7. The van der Waals surface area contributed by atoms with Crippen LogP contribution in [0.2, 0.25) is 0 Å². The van der Waals surface area contributed by atoms with E-state index in [-0.39, 0.29) is 41.5 Å². The SMILES string of the molecule is CNC(=O)[C@H](CC(C)C)N(Cc1ccc(-c2ccccc2S(=O)(=O)Nc2onc(C)c2C)cc1)C(=O)Cc1ccccc1. The number of benzene rings is 3. The van der Waals surface area contributed by atoms with Crippen LogP contribution in [0.1, 0.15) is 42.7 Å². The summed E-state index contributed by atoms with van der Waals surface area (Å²) >= 11 is 0. The Labute approximate surface area is 253 Å². The molecule has 226 valence electrons. The number of carbonyl (C=O) groups excluding carboxylic acids is 2. The van der Waals surface area contributed by atoms with Gasteiger partial charge in [0.1, 0.15) is 6.04 Å². The first kappa shape index (κ1) is 31.5. The van der Waals surface area contributed by atoms with E-state index >= 15 is 0 Å². The molecule has 0 saturated carbocycles. The molecule has 1 heterocycles. The van der Waals surface area contributed by atoms with Crippen LogP contribution in [0.3, 0.4) is 0 Å². The van der Waals surface area contributed by atoms with E-state index in [9.17, 15) is 18.0 Å². The number of sulfonamides is 1. The van der Waals surface area contributed by atoms with Gasteiger partial charge in [-0.05, 0) is 48.9 Å². The fourth-order valence-electron chi connectivity index (χ4n) is 4.85. The van der Waals surface area contributed by atoms with E-state index in [1.807, 2.05) is 68.4 Å². The average molecular weight is 603 g/mol. The number of nitrogens with zero attached hydrogens (tertiary/aromatic N) is 2. The number of nitrogens with one attached hydrogen (secondary N) is 2. The second-order valence-corrected chi connectivity index (χ2v) is 12.6. The van der Waals surface area contributed by atoms with Gasteiger partial charge in [0, 0.05) is 24.7 Å². The Morgan fingerprint density at radius 1 is 0.907 bits per heavy atom. The highest BCUT2D eigenvalue weighted by atomic mass is 32.2. The van der Waals surface area contributed by atoms with Crippen LogP contribution in [0.5, 0.6) is 0 Å². The lowest BCUT2D eigenvalue weighted by Crippen LogP contribution is -2.49. The van der Waals surface area contributed by atoms with Gasteiger partial charge in [-0.1, -0.05) is 91.8 Å². The largest absolute Gasteiger partial charge is 0.357 e. The summed E-state index contributed by atoms with van der Waals surface area (Å²) in [5.74, 6) is -0.0936. The topological polar surface area (TPSA) is 122 Å².